The van der Waals surface area contributed by atoms with Gasteiger partial charge < -0.3 is 0 Å². The van der Waals surface area contributed by atoms with E-state index in [1.165, 1.54) is 11.9 Å². The molecule has 1 aliphatic heterocycles. The molecule has 0 aromatic carbocycles. The van der Waals surface area contributed by atoms with E-state index in [4.69, 9.17) is 0 Å². The van der Waals surface area contributed by atoms with E-state index >= 15 is 0 Å². The van der Waals surface area contributed by atoms with Crippen LogP contribution >= 0.6 is 11.9 Å². The fourth-order valence-electron chi connectivity index (χ4n) is 0.960. The lowest BCUT2D eigenvalue weighted by Crippen LogP contribution is -2.13. The third-order valence-corrected chi connectivity index (χ3v) is 2.10. The van der Waals surface area contributed by atoms with Gasteiger partial charge in [0.1, 0.15) is 0 Å². The van der Waals surface area contributed by atoms with Crippen LogP contribution in [-0.4, -0.2) is 17.7 Å². The van der Waals surface area contributed by atoms with Gasteiger partial charge in [-0.1, -0.05) is 6.58 Å². The van der Waals surface area contributed by atoms with Gasteiger partial charge in [0.05, 0.1) is 5.71 Å². The van der Waals surface area contributed by atoms with Crippen LogP contribution in [0, 0.1) is 0 Å². The summed E-state index contributed by atoms with van der Waals surface area (Å²) in [6.07, 6.45) is 3.77. The van der Waals surface area contributed by atoms with Crippen LogP contribution in [0.15, 0.2) is 33.3 Å². The third kappa shape index (κ3) is 1.67. The maximum atomic E-state index is 4.28. The summed E-state index contributed by atoms with van der Waals surface area (Å²) in [5, 5.41) is 0. The molecule has 0 radical (unpaired) electrons. The first-order valence-corrected chi connectivity index (χ1v) is 4.87. The Morgan fingerprint density at radius 1 is 1.50 bits per heavy atom. The predicted molar refractivity (Wildman–Crippen MR) is 57.0 cm³/mol. The number of hydrogen-bond donors (Lipinski definition) is 0. The van der Waals surface area contributed by atoms with Crippen LogP contribution in [0.2, 0.25) is 0 Å². The Morgan fingerprint density at radius 3 is 2.75 bits per heavy atom. The molecule has 0 unspecified atom stereocenters. The minimum atomic E-state index is 0.935. The Balaban J connectivity index is 3.06. The van der Waals surface area contributed by atoms with Gasteiger partial charge in [-0.25, -0.2) is 4.40 Å². The zero-order valence-corrected chi connectivity index (χ0v) is 8.40. The summed E-state index contributed by atoms with van der Waals surface area (Å²) in [5.41, 5.74) is 3.94. The van der Waals surface area contributed by atoms with E-state index in [2.05, 4.69) is 16.0 Å². The molecule has 64 valence electrons. The molecule has 0 bridgehead atoms. The van der Waals surface area contributed by atoms with E-state index in [0.717, 1.165) is 22.6 Å². The first kappa shape index (κ1) is 9.26. The van der Waals surface area contributed by atoms with Crippen molar-refractivity contribution in [3.05, 3.63) is 23.9 Å². The molecule has 3 heteroatoms. The van der Waals surface area contributed by atoms with Crippen LogP contribution in [-0.2, 0) is 0 Å². The molecule has 0 spiro atoms. The van der Waals surface area contributed by atoms with Crippen LogP contribution in [0.3, 0.4) is 0 Å². The second-order valence-electron chi connectivity index (χ2n) is 2.63. The molecule has 0 saturated heterocycles. The monoisotopic (exact) mass is 180 g/mol. The van der Waals surface area contributed by atoms with Crippen LogP contribution in [0.1, 0.15) is 13.8 Å². The Kier molecular flexibility index (Phi) is 2.87. The van der Waals surface area contributed by atoms with E-state index in [-0.39, 0.29) is 0 Å². The van der Waals surface area contributed by atoms with Crippen molar-refractivity contribution in [2.45, 2.75) is 13.8 Å². The highest BCUT2D eigenvalue weighted by Gasteiger charge is 2.13. The normalized spacial score (nSPS) is 20.9. The molecule has 0 amide bonds. The molecule has 0 fully saturated rings. The molecule has 0 aliphatic carbocycles. The second-order valence-corrected chi connectivity index (χ2v) is 3.18. The van der Waals surface area contributed by atoms with Gasteiger partial charge in [0.25, 0.3) is 0 Å². The molecule has 1 aliphatic rings. The largest absolute Gasteiger partial charge is 0.261 e. The van der Waals surface area contributed by atoms with Gasteiger partial charge in [0.15, 0.2) is 0 Å². The molecular weight excluding hydrogens is 168 g/mol. The lowest BCUT2D eigenvalue weighted by molar-refractivity contribution is 1.40. The number of nitrogens with zero attached hydrogens (tertiary/aromatic N) is 2. The van der Waals surface area contributed by atoms with Crippen molar-refractivity contribution in [1.82, 2.24) is 0 Å². The summed E-state index contributed by atoms with van der Waals surface area (Å²) in [7, 11) is 0. The van der Waals surface area contributed by atoms with Crippen LogP contribution < -0.4 is 0 Å². The van der Waals surface area contributed by atoms with Crippen molar-refractivity contribution in [3.63, 3.8) is 0 Å². The Labute approximate surface area is 77.3 Å². The zero-order chi connectivity index (χ0) is 9.14. The van der Waals surface area contributed by atoms with E-state index in [9.17, 15) is 0 Å². The zero-order valence-electron chi connectivity index (χ0n) is 7.59. The van der Waals surface area contributed by atoms with Gasteiger partial charge in [-0.15, -0.1) is 0 Å². The fourth-order valence-corrected chi connectivity index (χ4v) is 1.40. The highest BCUT2D eigenvalue weighted by molar-refractivity contribution is 7.97. The minimum Gasteiger partial charge on any atom is -0.261 e. The van der Waals surface area contributed by atoms with Crippen molar-refractivity contribution < 1.29 is 0 Å². The maximum absolute atomic E-state index is 4.28. The second kappa shape index (κ2) is 3.72. The molecule has 12 heavy (non-hydrogen) atoms. The fraction of sp³-hybridized carbons (Fsp3) is 0.333. The van der Waals surface area contributed by atoms with Crippen molar-refractivity contribution in [2.75, 3.05) is 6.26 Å². The highest BCUT2D eigenvalue weighted by atomic mass is 32.2. The molecule has 1 heterocycles. The third-order valence-electron chi connectivity index (χ3n) is 1.73. The Morgan fingerprint density at radius 2 is 2.17 bits per heavy atom. The van der Waals surface area contributed by atoms with Crippen molar-refractivity contribution in [2.24, 2.45) is 9.39 Å². The topological polar surface area (TPSA) is 24.7 Å². The predicted octanol–water partition coefficient (Wildman–Crippen LogP) is 2.64. The minimum absolute atomic E-state index is 0.935. The standard InChI is InChI=1S/C9H12N2S/c1-6-5-10-8(3)7(2)9(6)11-12-4/h5H,2H2,1,3-4H3/b11-9-. The van der Waals surface area contributed by atoms with Gasteiger partial charge in [-0.2, -0.15) is 0 Å². The molecule has 0 aromatic heterocycles. The van der Waals surface area contributed by atoms with Crippen LogP contribution in [0.5, 0.6) is 0 Å². The summed E-state index contributed by atoms with van der Waals surface area (Å²) >= 11 is 1.45. The van der Waals surface area contributed by atoms with Crippen LogP contribution in [0.25, 0.3) is 0 Å². The molecule has 0 atom stereocenters. The van der Waals surface area contributed by atoms with Gasteiger partial charge in [0.2, 0.25) is 0 Å². The number of allylic oxidation sites excluding steroid dienone is 2. The van der Waals surface area contributed by atoms with Crippen molar-refractivity contribution in [3.8, 4) is 0 Å². The molecule has 0 saturated carbocycles. The van der Waals surface area contributed by atoms with E-state index < -0.39 is 0 Å². The van der Waals surface area contributed by atoms with Crippen LogP contribution in [0.4, 0.5) is 0 Å². The Hall–Kier alpha value is -0.830. The van der Waals surface area contributed by atoms with Gasteiger partial charge in [0, 0.05) is 23.7 Å². The maximum Gasteiger partial charge on any atom is 0.0841 e. The SMILES string of the molecule is C=C1C(C)=NC=C(C)/C1=N/SC. The first-order chi connectivity index (χ1) is 5.66. The summed E-state index contributed by atoms with van der Waals surface area (Å²) in [5.74, 6) is 0. The quantitative estimate of drug-likeness (QED) is 0.569. The average molecular weight is 180 g/mol. The van der Waals surface area contributed by atoms with E-state index in [1.807, 2.05) is 26.3 Å². The molecule has 2 nitrogen and oxygen atoms in total. The molecule has 0 aromatic rings. The number of aliphatic imine (C=N–C) groups is 1. The summed E-state index contributed by atoms with van der Waals surface area (Å²) < 4.78 is 4.28. The molecular formula is C9H12N2S. The lowest BCUT2D eigenvalue weighted by Gasteiger charge is -2.12. The summed E-state index contributed by atoms with van der Waals surface area (Å²) in [6.45, 7) is 7.87. The van der Waals surface area contributed by atoms with Gasteiger partial charge in [-0.3, -0.25) is 4.99 Å². The number of hydrogen-bond acceptors (Lipinski definition) is 3. The smallest absolute Gasteiger partial charge is 0.0841 e. The summed E-state index contributed by atoms with van der Waals surface area (Å²) in [6, 6.07) is 0. The van der Waals surface area contributed by atoms with Gasteiger partial charge >= 0.3 is 0 Å². The van der Waals surface area contributed by atoms with Crippen molar-refractivity contribution in [1.29, 1.82) is 0 Å². The lowest BCUT2D eigenvalue weighted by atomic mass is 10.0. The molecule has 1 rings (SSSR count). The number of rotatable bonds is 1. The average Bonchev–Trinajstić information content (AvgIpc) is 2.06. The first-order valence-electron chi connectivity index (χ1n) is 3.69. The summed E-state index contributed by atoms with van der Waals surface area (Å²) in [4.78, 5) is 4.19. The Bertz CT molecular complexity index is 294. The van der Waals surface area contributed by atoms with Crippen molar-refractivity contribution >= 4 is 23.4 Å². The van der Waals surface area contributed by atoms with E-state index in [1.54, 1.807) is 0 Å². The molecule has 0 N–H and O–H groups in total. The highest BCUT2D eigenvalue weighted by Crippen LogP contribution is 2.16. The van der Waals surface area contributed by atoms with Gasteiger partial charge in [-0.05, 0) is 31.4 Å². The van der Waals surface area contributed by atoms with E-state index in [0.29, 0.717) is 0 Å².